The summed E-state index contributed by atoms with van der Waals surface area (Å²) in [7, 11) is 0. The number of carbonyl (C=O) groups is 1. The number of halogens is 3. The Labute approximate surface area is 144 Å². The summed E-state index contributed by atoms with van der Waals surface area (Å²) >= 11 is 0. The Morgan fingerprint density at radius 2 is 1.72 bits per heavy atom. The van der Waals surface area contributed by atoms with Gasteiger partial charge in [-0.1, -0.05) is 6.07 Å². The number of rotatable bonds is 6. The van der Waals surface area contributed by atoms with Gasteiger partial charge in [0.15, 0.2) is 0 Å². The van der Waals surface area contributed by atoms with Crippen molar-refractivity contribution in [2.75, 3.05) is 18.0 Å². The predicted molar refractivity (Wildman–Crippen MR) is 90.4 cm³/mol. The number of hydrogen-bond acceptors (Lipinski definition) is 3. The van der Waals surface area contributed by atoms with Crippen molar-refractivity contribution in [2.45, 2.75) is 26.6 Å². The maximum atomic E-state index is 12.5. The summed E-state index contributed by atoms with van der Waals surface area (Å²) in [4.78, 5) is 18.5. The Morgan fingerprint density at radius 3 is 2.20 bits per heavy atom. The fourth-order valence-electron chi connectivity index (χ4n) is 2.35. The Hall–Kier alpha value is -2.57. The van der Waals surface area contributed by atoms with Crippen LogP contribution in [0.15, 0.2) is 42.6 Å². The van der Waals surface area contributed by atoms with Gasteiger partial charge in [0.25, 0.3) is 5.91 Å². The zero-order chi connectivity index (χ0) is 18.4. The normalized spacial score (nSPS) is 11.2. The molecule has 0 fully saturated rings. The summed E-state index contributed by atoms with van der Waals surface area (Å²) in [6.07, 6.45) is -2.73. The van der Waals surface area contributed by atoms with Gasteiger partial charge in [0.05, 0.1) is 5.56 Å². The summed E-state index contributed by atoms with van der Waals surface area (Å²) < 4.78 is 37.6. The van der Waals surface area contributed by atoms with Crippen LogP contribution >= 0.6 is 0 Å². The van der Waals surface area contributed by atoms with Crippen LogP contribution in [0.1, 0.15) is 35.3 Å². The summed E-state index contributed by atoms with van der Waals surface area (Å²) in [5.41, 5.74) is 0.220. The molecule has 0 aliphatic carbocycles. The van der Waals surface area contributed by atoms with E-state index in [9.17, 15) is 18.0 Å². The molecule has 0 aliphatic rings. The van der Waals surface area contributed by atoms with Gasteiger partial charge in [-0.3, -0.25) is 4.79 Å². The third-order valence-corrected chi connectivity index (χ3v) is 3.82. The van der Waals surface area contributed by atoms with E-state index in [0.29, 0.717) is 0 Å². The van der Waals surface area contributed by atoms with Crippen molar-refractivity contribution in [1.82, 2.24) is 10.3 Å². The van der Waals surface area contributed by atoms with Gasteiger partial charge in [-0.25, -0.2) is 4.98 Å². The SMILES string of the molecule is CCN(CC)c1ccc(CNC(=O)c2ccc(C(F)(F)F)cc2)cn1. The van der Waals surface area contributed by atoms with Crippen LogP contribution in [-0.4, -0.2) is 24.0 Å². The molecule has 1 aromatic heterocycles. The van der Waals surface area contributed by atoms with Crippen molar-refractivity contribution in [2.24, 2.45) is 0 Å². The number of carbonyl (C=O) groups excluding carboxylic acids is 1. The fraction of sp³-hybridized carbons (Fsp3) is 0.333. The van der Waals surface area contributed by atoms with Crippen molar-refractivity contribution in [1.29, 1.82) is 0 Å². The average molecular weight is 351 g/mol. The van der Waals surface area contributed by atoms with E-state index in [0.717, 1.165) is 36.6 Å². The van der Waals surface area contributed by atoms with Crippen LogP contribution in [0.2, 0.25) is 0 Å². The minimum absolute atomic E-state index is 0.181. The number of nitrogens with one attached hydrogen (secondary N) is 1. The van der Waals surface area contributed by atoms with Crippen LogP contribution < -0.4 is 10.2 Å². The monoisotopic (exact) mass is 351 g/mol. The molecule has 1 aromatic carbocycles. The van der Waals surface area contributed by atoms with E-state index in [1.165, 1.54) is 12.1 Å². The van der Waals surface area contributed by atoms with Gasteiger partial charge >= 0.3 is 6.18 Å². The van der Waals surface area contributed by atoms with E-state index in [2.05, 4.69) is 15.2 Å². The molecule has 0 unspecified atom stereocenters. The summed E-state index contributed by atoms with van der Waals surface area (Å²) in [6.45, 7) is 6.05. The van der Waals surface area contributed by atoms with Crippen LogP contribution in [0.25, 0.3) is 0 Å². The molecule has 0 bridgehead atoms. The second-order valence-corrected chi connectivity index (χ2v) is 5.45. The van der Waals surface area contributed by atoms with Crippen LogP contribution in [0, 0.1) is 0 Å². The van der Waals surface area contributed by atoms with E-state index in [1.54, 1.807) is 6.20 Å². The number of aromatic nitrogens is 1. The molecular formula is C18H20F3N3O. The zero-order valence-corrected chi connectivity index (χ0v) is 14.1. The van der Waals surface area contributed by atoms with Crippen molar-refractivity contribution < 1.29 is 18.0 Å². The lowest BCUT2D eigenvalue weighted by Gasteiger charge is -2.19. The van der Waals surface area contributed by atoms with E-state index in [-0.39, 0.29) is 12.1 Å². The maximum Gasteiger partial charge on any atom is 0.416 e. The molecule has 0 radical (unpaired) electrons. The van der Waals surface area contributed by atoms with E-state index < -0.39 is 17.6 Å². The first kappa shape index (κ1) is 18.8. The molecule has 1 heterocycles. The van der Waals surface area contributed by atoms with Gasteiger partial charge in [0.2, 0.25) is 0 Å². The molecule has 0 saturated heterocycles. The lowest BCUT2D eigenvalue weighted by Crippen LogP contribution is -2.24. The molecule has 0 aliphatic heterocycles. The molecule has 0 spiro atoms. The molecule has 25 heavy (non-hydrogen) atoms. The first-order valence-electron chi connectivity index (χ1n) is 8.00. The summed E-state index contributed by atoms with van der Waals surface area (Å²) in [5, 5.41) is 2.68. The highest BCUT2D eigenvalue weighted by Gasteiger charge is 2.30. The fourth-order valence-corrected chi connectivity index (χ4v) is 2.35. The largest absolute Gasteiger partial charge is 0.416 e. The Kier molecular flexibility index (Phi) is 6.01. The van der Waals surface area contributed by atoms with Gasteiger partial charge in [-0.05, 0) is 49.7 Å². The minimum atomic E-state index is -4.41. The highest BCUT2D eigenvalue weighted by Crippen LogP contribution is 2.29. The minimum Gasteiger partial charge on any atom is -0.357 e. The number of amides is 1. The lowest BCUT2D eigenvalue weighted by atomic mass is 10.1. The highest BCUT2D eigenvalue weighted by molar-refractivity contribution is 5.94. The van der Waals surface area contributed by atoms with Crippen molar-refractivity contribution in [3.8, 4) is 0 Å². The number of hydrogen-bond donors (Lipinski definition) is 1. The molecule has 0 atom stereocenters. The van der Waals surface area contributed by atoms with Gasteiger partial charge in [-0.15, -0.1) is 0 Å². The summed E-state index contributed by atoms with van der Waals surface area (Å²) in [6, 6.07) is 7.88. The van der Waals surface area contributed by atoms with E-state index in [4.69, 9.17) is 0 Å². The number of benzene rings is 1. The standard InChI is InChI=1S/C18H20F3N3O/c1-3-24(4-2)16-10-5-13(11-22-16)12-23-17(25)14-6-8-15(9-7-14)18(19,20)21/h5-11H,3-4,12H2,1-2H3,(H,23,25). The molecule has 1 N–H and O–H groups in total. The topological polar surface area (TPSA) is 45.2 Å². The van der Waals surface area contributed by atoms with Crippen molar-refractivity contribution >= 4 is 11.7 Å². The molecule has 134 valence electrons. The van der Waals surface area contributed by atoms with Crippen LogP contribution in [0.5, 0.6) is 0 Å². The molecule has 2 rings (SSSR count). The van der Waals surface area contributed by atoms with E-state index >= 15 is 0 Å². The zero-order valence-electron chi connectivity index (χ0n) is 14.1. The number of pyridine rings is 1. The highest BCUT2D eigenvalue weighted by atomic mass is 19.4. The van der Waals surface area contributed by atoms with Gasteiger partial charge in [0.1, 0.15) is 5.82 Å². The Balaban J connectivity index is 1.95. The Bertz CT molecular complexity index is 693. The molecule has 0 saturated carbocycles. The molecule has 1 amide bonds. The third kappa shape index (κ3) is 4.95. The smallest absolute Gasteiger partial charge is 0.357 e. The second-order valence-electron chi connectivity index (χ2n) is 5.45. The number of nitrogens with zero attached hydrogens (tertiary/aromatic N) is 2. The molecular weight excluding hydrogens is 331 g/mol. The second kappa shape index (κ2) is 8.00. The number of alkyl halides is 3. The van der Waals surface area contributed by atoms with Gasteiger partial charge < -0.3 is 10.2 Å². The first-order valence-corrected chi connectivity index (χ1v) is 8.00. The van der Waals surface area contributed by atoms with Crippen molar-refractivity contribution in [3.05, 3.63) is 59.3 Å². The lowest BCUT2D eigenvalue weighted by molar-refractivity contribution is -0.137. The summed E-state index contributed by atoms with van der Waals surface area (Å²) in [5.74, 6) is 0.435. The quantitative estimate of drug-likeness (QED) is 0.859. The van der Waals surface area contributed by atoms with Crippen molar-refractivity contribution in [3.63, 3.8) is 0 Å². The molecule has 7 heteroatoms. The van der Waals surface area contributed by atoms with Gasteiger partial charge in [0, 0.05) is 31.4 Å². The Morgan fingerprint density at radius 1 is 1.08 bits per heavy atom. The third-order valence-electron chi connectivity index (χ3n) is 3.82. The van der Waals surface area contributed by atoms with Gasteiger partial charge in [-0.2, -0.15) is 13.2 Å². The first-order chi connectivity index (χ1) is 11.8. The molecule has 4 nitrogen and oxygen atoms in total. The average Bonchev–Trinajstić information content (AvgIpc) is 2.61. The molecule has 2 aromatic rings. The predicted octanol–water partition coefficient (Wildman–Crippen LogP) is 3.88. The number of anilines is 1. The van der Waals surface area contributed by atoms with E-state index in [1.807, 2.05) is 26.0 Å². The van der Waals surface area contributed by atoms with Crippen LogP contribution in [0.3, 0.4) is 0 Å². The van der Waals surface area contributed by atoms with Crippen LogP contribution in [-0.2, 0) is 12.7 Å². The van der Waals surface area contributed by atoms with Crippen LogP contribution in [0.4, 0.5) is 19.0 Å². The maximum absolute atomic E-state index is 12.5.